The Bertz CT molecular complexity index is 106. The van der Waals surface area contributed by atoms with Gasteiger partial charge in [0, 0.05) is 13.7 Å². The van der Waals surface area contributed by atoms with Crippen molar-refractivity contribution in [1.82, 2.24) is 0 Å². The molecule has 3 N–H and O–H groups in total. The van der Waals surface area contributed by atoms with Crippen molar-refractivity contribution in [2.24, 2.45) is 0 Å². The molecular formula is C4H7NP+. The highest BCUT2D eigenvalue weighted by Crippen LogP contribution is 2.57. The summed E-state index contributed by atoms with van der Waals surface area (Å²) in [4.78, 5) is 0. The van der Waals surface area contributed by atoms with E-state index in [-0.39, 0.29) is 7.92 Å². The Morgan fingerprint density at radius 3 is 2.50 bits per heavy atom. The van der Waals surface area contributed by atoms with Gasteiger partial charge in [0.1, 0.15) is 5.44 Å². The molecule has 0 saturated heterocycles. The fraction of sp³-hybridized carbons (Fsp3) is 0. The minimum Gasteiger partial charge on any atom is -0.325 e. The minimum atomic E-state index is 0.0350. The second-order valence-corrected chi connectivity index (χ2v) is 3.22. The fourth-order valence-corrected chi connectivity index (χ4v) is 1.10. The minimum absolute atomic E-state index is 0.0350. The average molecular weight is 100 g/mol. The molecule has 1 aliphatic rings. The van der Waals surface area contributed by atoms with Crippen LogP contribution in [0.3, 0.4) is 0 Å². The van der Waals surface area contributed by atoms with Crippen LogP contribution in [0.5, 0.6) is 0 Å². The van der Waals surface area contributed by atoms with Crippen molar-refractivity contribution in [2.45, 2.75) is 0 Å². The van der Waals surface area contributed by atoms with E-state index in [4.69, 9.17) is 0 Å². The maximum Gasteiger partial charge on any atom is 0.134 e. The van der Waals surface area contributed by atoms with Gasteiger partial charge in [-0.25, -0.2) is 0 Å². The van der Waals surface area contributed by atoms with Crippen LogP contribution >= 0.6 is 7.92 Å². The second kappa shape index (κ2) is 1.18. The molecule has 1 nitrogen and oxygen atoms in total. The van der Waals surface area contributed by atoms with Crippen LogP contribution in [-0.2, 0) is 0 Å². The lowest BCUT2D eigenvalue weighted by atomic mass is 11.1. The summed E-state index contributed by atoms with van der Waals surface area (Å²) in [6.07, 6.45) is 0. The summed E-state index contributed by atoms with van der Waals surface area (Å²) in [6.45, 7) is 3.61. The third-order valence-corrected chi connectivity index (χ3v) is 2.25. The van der Waals surface area contributed by atoms with Crippen LogP contribution in [0.4, 0.5) is 0 Å². The van der Waals surface area contributed by atoms with E-state index >= 15 is 0 Å². The lowest BCUT2D eigenvalue weighted by Gasteiger charge is -1.71. The molecule has 1 rings (SSSR count). The first-order valence-electron chi connectivity index (χ1n) is 1.79. The Hall–Kier alpha value is -0.130. The molecule has 1 aliphatic heterocycles. The van der Waals surface area contributed by atoms with Gasteiger partial charge in [-0.1, -0.05) is 12.4 Å². The van der Waals surface area contributed by atoms with Crippen molar-refractivity contribution >= 4 is 7.92 Å². The molecule has 0 saturated carbocycles. The van der Waals surface area contributed by atoms with Crippen molar-refractivity contribution in [3.8, 4) is 0 Å². The van der Waals surface area contributed by atoms with E-state index in [0.29, 0.717) is 0 Å². The third-order valence-electron chi connectivity index (χ3n) is 0.749. The van der Waals surface area contributed by atoms with Gasteiger partial charge >= 0.3 is 0 Å². The van der Waals surface area contributed by atoms with E-state index in [1.807, 2.05) is 5.82 Å². The lowest BCUT2D eigenvalue weighted by Crippen LogP contribution is -2.41. The topological polar surface area (TPSA) is 27.6 Å². The van der Waals surface area contributed by atoms with Crippen LogP contribution in [0.1, 0.15) is 0 Å². The predicted octanol–water partition coefficient (Wildman–Crippen LogP) is 0.666. The van der Waals surface area contributed by atoms with Crippen LogP contribution in [0.25, 0.3) is 0 Å². The maximum absolute atomic E-state index is 3.72. The molecule has 32 valence electrons. The zero-order valence-corrected chi connectivity index (χ0v) is 4.41. The van der Waals surface area contributed by atoms with Crippen molar-refractivity contribution in [2.75, 3.05) is 0 Å². The highest BCUT2D eigenvalue weighted by Gasteiger charge is 2.20. The Labute approximate surface area is 38.3 Å². The Kier molecular flexibility index (Phi) is 0.793. The fourth-order valence-electron chi connectivity index (χ4n) is 0.302. The Morgan fingerprint density at radius 2 is 2.50 bits per heavy atom. The molecule has 1 unspecified atom stereocenters. The van der Waals surface area contributed by atoms with E-state index in [1.165, 1.54) is 5.44 Å². The molecule has 0 aromatic carbocycles. The van der Waals surface area contributed by atoms with Crippen molar-refractivity contribution in [1.29, 1.82) is 0 Å². The monoisotopic (exact) mass is 100 g/mol. The molecule has 1 heterocycles. The summed E-state index contributed by atoms with van der Waals surface area (Å²) in [5.74, 6) is 4.10. The molecule has 0 fully saturated rings. The Morgan fingerprint density at radius 1 is 2.00 bits per heavy atom. The van der Waals surface area contributed by atoms with E-state index in [0.717, 1.165) is 0 Å². The standard InChI is InChI=1S/C4H6NP/c1-2-6-3-4(6)5/h2-3H,1,5H2/p+1. The molecular weight excluding hydrogens is 93.0 g/mol. The van der Waals surface area contributed by atoms with Gasteiger partial charge in [-0.3, -0.25) is 0 Å². The largest absolute Gasteiger partial charge is 0.325 e. The van der Waals surface area contributed by atoms with Gasteiger partial charge in [-0.05, 0) is 0 Å². The quantitative estimate of drug-likeness (QED) is 0.469. The van der Waals surface area contributed by atoms with Gasteiger partial charge in [0.15, 0.2) is 0 Å². The summed E-state index contributed by atoms with van der Waals surface area (Å²) in [6, 6.07) is 0. The van der Waals surface area contributed by atoms with Crippen molar-refractivity contribution < 1.29 is 5.73 Å². The van der Waals surface area contributed by atoms with Gasteiger partial charge in [0.25, 0.3) is 0 Å². The summed E-state index contributed by atoms with van der Waals surface area (Å²) in [5.41, 5.74) is 5.00. The molecule has 0 aromatic rings. The summed E-state index contributed by atoms with van der Waals surface area (Å²) in [5, 5.41) is 0. The first-order valence-corrected chi connectivity index (χ1v) is 3.27. The highest BCUT2D eigenvalue weighted by molar-refractivity contribution is 7.74. The van der Waals surface area contributed by atoms with Crippen LogP contribution in [0.15, 0.2) is 23.7 Å². The average Bonchev–Trinajstić information content (AvgIpc) is 2.19. The highest BCUT2D eigenvalue weighted by atomic mass is 31.1. The molecule has 0 aliphatic carbocycles. The zero-order valence-electron chi connectivity index (χ0n) is 3.52. The Balaban J connectivity index is 2.35. The van der Waals surface area contributed by atoms with Gasteiger partial charge in [-0.2, -0.15) is 0 Å². The summed E-state index contributed by atoms with van der Waals surface area (Å²) >= 11 is 0. The van der Waals surface area contributed by atoms with E-state index < -0.39 is 0 Å². The predicted molar refractivity (Wildman–Crippen MR) is 28.1 cm³/mol. The summed E-state index contributed by atoms with van der Waals surface area (Å²) < 4.78 is 0. The number of rotatable bonds is 1. The van der Waals surface area contributed by atoms with Crippen LogP contribution < -0.4 is 5.73 Å². The van der Waals surface area contributed by atoms with Gasteiger partial charge in [0.2, 0.25) is 0 Å². The van der Waals surface area contributed by atoms with Crippen LogP contribution in [0.2, 0.25) is 0 Å². The van der Waals surface area contributed by atoms with E-state index in [2.05, 4.69) is 18.1 Å². The molecule has 0 aromatic heterocycles. The molecule has 0 spiro atoms. The first kappa shape index (κ1) is 4.04. The lowest BCUT2D eigenvalue weighted by molar-refractivity contribution is -0.281. The van der Waals surface area contributed by atoms with E-state index in [1.54, 1.807) is 0 Å². The van der Waals surface area contributed by atoms with Crippen LogP contribution in [-0.4, -0.2) is 0 Å². The SMILES string of the molecule is C=CP1C=C1[NH3+]. The molecule has 0 amide bonds. The second-order valence-electron chi connectivity index (χ2n) is 1.21. The zero-order chi connectivity index (χ0) is 4.57. The van der Waals surface area contributed by atoms with Gasteiger partial charge in [0.05, 0.1) is 0 Å². The molecule has 1 atom stereocenters. The normalized spacial score (nSPS) is 28.8. The molecule has 6 heavy (non-hydrogen) atoms. The number of quaternary nitrogens is 1. The third kappa shape index (κ3) is 0.515. The van der Waals surface area contributed by atoms with E-state index in [9.17, 15) is 0 Å². The van der Waals surface area contributed by atoms with Gasteiger partial charge < -0.3 is 5.73 Å². The maximum atomic E-state index is 3.72. The first-order chi connectivity index (χ1) is 2.84. The number of hydrogen-bond acceptors (Lipinski definition) is 0. The molecule has 0 bridgehead atoms. The van der Waals surface area contributed by atoms with Gasteiger partial charge in [-0.15, -0.1) is 0 Å². The molecule has 2 heteroatoms. The van der Waals surface area contributed by atoms with Crippen molar-refractivity contribution in [3.05, 3.63) is 23.7 Å². The smallest absolute Gasteiger partial charge is 0.134 e. The van der Waals surface area contributed by atoms with Crippen LogP contribution in [0, 0.1) is 0 Å². The van der Waals surface area contributed by atoms with Crippen molar-refractivity contribution in [3.63, 3.8) is 0 Å². The molecule has 0 radical (unpaired) electrons. The summed E-state index contributed by atoms with van der Waals surface area (Å²) in [7, 11) is 0.0350. The number of hydrogen-bond donors (Lipinski definition) is 1.